The van der Waals surface area contributed by atoms with Crippen molar-refractivity contribution in [3.63, 3.8) is 0 Å². The van der Waals surface area contributed by atoms with E-state index >= 15 is 0 Å². The molecule has 1 unspecified atom stereocenters. The van der Waals surface area contributed by atoms with Gasteiger partial charge in [0, 0.05) is 90.6 Å². The first-order valence-electron chi connectivity index (χ1n) is 12.9. The molecule has 2 radical (unpaired) electrons. The number of imidazole rings is 1. The van der Waals surface area contributed by atoms with Crippen LogP contribution in [0.2, 0.25) is 0 Å². The summed E-state index contributed by atoms with van der Waals surface area (Å²) in [6.07, 6.45) is 1.23. The van der Waals surface area contributed by atoms with Gasteiger partial charge in [-0.15, -0.1) is 10.2 Å². The van der Waals surface area contributed by atoms with Crippen LogP contribution >= 0.6 is 0 Å². The number of carbonyl (C=O) groups excluding carboxylic acids is 2. The molecule has 2 aliphatic rings. The Morgan fingerprint density at radius 2 is 1.83 bits per heavy atom. The smallest absolute Gasteiger partial charge is 0.347 e. The molecule has 11 nitrogen and oxygen atoms in total. The maximum Gasteiger partial charge on any atom is 0.347 e. The predicted octanol–water partition coefficient (Wildman–Crippen LogP) is 2.39. The Kier molecular flexibility index (Phi) is 9.89. The summed E-state index contributed by atoms with van der Waals surface area (Å²) in [5, 5.41) is 25.5. The molecule has 2 N–H and O–H groups in total. The number of H-pyrrole nitrogens is 1. The van der Waals surface area contributed by atoms with Crippen LogP contribution < -0.4 is 0 Å². The minimum Gasteiger partial charge on any atom is -0.509 e. The summed E-state index contributed by atoms with van der Waals surface area (Å²) in [6.45, 7) is 4.68. The summed E-state index contributed by atoms with van der Waals surface area (Å²) in [6, 6.07) is 15.3. The fourth-order valence-electron chi connectivity index (χ4n) is 5.47. The zero-order valence-corrected chi connectivity index (χ0v) is 27.6. The van der Waals surface area contributed by atoms with Crippen LogP contribution in [0.15, 0.2) is 59.9 Å². The number of aliphatic hydroxyl groups excluding tert-OH is 1. The molecule has 0 spiro atoms. The second-order valence-electron chi connectivity index (χ2n) is 9.41. The standard InChI is InChI=1S/C28H27N7O4.2Na/c1-3-21-29-20-13-14-34-24(25(36)22(27(34)37)28(38)39-4-2)23(20)35(21)15-16-9-11-17(12-10-16)18-7-5-6-8-19(18)26-30-32-33-31-26;;/h5-12,24,36H,3-4,13-15H2,1-2H3,(H,30,31,32,33);;. The van der Waals surface area contributed by atoms with Gasteiger partial charge in [0.05, 0.1) is 18.0 Å². The predicted molar refractivity (Wildman–Crippen MR) is 152 cm³/mol. The topological polar surface area (TPSA) is 139 Å². The molecule has 2 aliphatic heterocycles. The number of ether oxygens (including phenoxy) is 1. The van der Waals surface area contributed by atoms with Gasteiger partial charge in [0.1, 0.15) is 17.6 Å². The van der Waals surface area contributed by atoms with Crippen LogP contribution in [0.1, 0.15) is 42.7 Å². The molecule has 0 saturated carbocycles. The molecule has 41 heavy (non-hydrogen) atoms. The van der Waals surface area contributed by atoms with E-state index in [-0.39, 0.29) is 77.1 Å². The molecular formula is C28H27N7Na2O4. The van der Waals surface area contributed by atoms with E-state index in [4.69, 9.17) is 9.72 Å². The number of tetrazole rings is 1. The van der Waals surface area contributed by atoms with Gasteiger partial charge < -0.3 is 19.3 Å². The summed E-state index contributed by atoms with van der Waals surface area (Å²) < 4.78 is 7.11. The third kappa shape index (κ3) is 5.54. The van der Waals surface area contributed by atoms with Crippen molar-refractivity contribution in [3.8, 4) is 22.5 Å². The quantitative estimate of drug-likeness (QED) is 0.196. The summed E-state index contributed by atoms with van der Waals surface area (Å²) in [5.74, 6) is -0.181. The second-order valence-corrected chi connectivity index (χ2v) is 9.41. The van der Waals surface area contributed by atoms with Gasteiger partial charge >= 0.3 is 5.97 Å². The Morgan fingerprint density at radius 1 is 1.10 bits per heavy atom. The number of hydrogen-bond acceptors (Lipinski definition) is 8. The van der Waals surface area contributed by atoms with E-state index in [9.17, 15) is 14.7 Å². The summed E-state index contributed by atoms with van der Waals surface area (Å²) in [4.78, 5) is 31.9. The largest absolute Gasteiger partial charge is 0.509 e. The number of aliphatic hydroxyl groups is 1. The third-order valence-electron chi connectivity index (χ3n) is 7.23. The van der Waals surface area contributed by atoms with Crippen molar-refractivity contribution in [1.82, 2.24) is 35.1 Å². The minimum absolute atomic E-state index is 0. The molecule has 2 aromatic carbocycles. The van der Waals surface area contributed by atoms with Crippen molar-refractivity contribution in [1.29, 1.82) is 0 Å². The molecule has 13 heteroatoms. The fraction of sp³-hybridized carbons (Fsp3) is 0.286. The Bertz CT molecular complexity index is 1600. The first-order valence-corrected chi connectivity index (χ1v) is 12.9. The number of rotatable bonds is 7. The zero-order chi connectivity index (χ0) is 27.1. The maximum atomic E-state index is 13.1. The monoisotopic (exact) mass is 571 g/mol. The number of amides is 1. The SMILES string of the molecule is CCOC(=O)C1=C(O)C2c3c(nc(CC)n3Cc3ccc(-c4ccccc4-c4nn[nH]n4)cc3)CCN2C1=O.[Na].[Na]. The molecule has 0 aliphatic carbocycles. The number of fused-ring (bicyclic) bond motifs is 3. The Morgan fingerprint density at radius 3 is 2.49 bits per heavy atom. The van der Waals surface area contributed by atoms with Crippen LogP contribution in [-0.4, -0.2) is 124 Å². The van der Waals surface area contributed by atoms with E-state index in [2.05, 4.69) is 25.2 Å². The number of nitrogens with one attached hydrogen (secondary N) is 1. The van der Waals surface area contributed by atoms with E-state index in [0.717, 1.165) is 39.5 Å². The molecule has 2 aromatic heterocycles. The van der Waals surface area contributed by atoms with E-state index in [1.807, 2.05) is 55.5 Å². The van der Waals surface area contributed by atoms with E-state index in [1.54, 1.807) is 11.8 Å². The van der Waals surface area contributed by atoms with Crippen LogP contribution in [0.5, 0.6) is 0 Å². The van der Waals surface area contributed by atoms with Gasteiger partial charge in [0.2, 0.25) is 5.82 Å². The first-order chi connectivity index (χ1) is 19.0. The van der Waals surface area contributed by atoms with Crippen LogP contribution in [0.25, 0.3) is 22.5 Å². The van der Waals surface area contributed by atoms with Crippen molar-refractivity contribution in [2.24, 2.45) is 0 Å². The number of benzene rings is 2. The van der Waals surface area contributed by atoms with Crippen molar-refractivity contribution in [2.75, 3.05) is 13.2 Å². The average Bonchev–Trinajstić information content (AvgIpc) is 3.67. The maximum absolute atomic E-state index is 13.1. The summed E-state index contributed by atoms with van der Waals surface area (Å²) in [7, 11) is 0. The molecular weight excluding hydrogens is 544 g/mol. The number of aromatic amines is 1. The Labute approximate surface area is 281 Å². The second kappa shape index (κ2) is 13.0. The summed E-state index contributed by atoms with van der Waals surface area (Å²) in [5.41, 5.74) is 5.20. The van der Waals surface area contributed by atoms with Crippen LogP contribution in [-0.2, 0) is 33.7 Å². The molecule has 1 atom stereocenters. The van der Waals surface area contributed by atoms with Crippen LogP contribution in [0.3, 0.4) is 0 Å². The number of aryl methyl sites for hydroxylation is 1. The Balaban J connectivity index is 0.00000194. The van der Waals surface area contributed by atoms with E-state index < -0.39 is 17.9 Å². The van der Waals surface area contributed by atoms with Crippen molar-refractivity contribution >= 4 is 71.0 Å². The molecule has 0 bridgehead atoms. The van der Waals surface area contributed by atoms with Crippen molar-refractivity contribution in [3.05, 3.63) is 82.6 Å². The van der Waals surface area contributed by atoms with Gasteiger partial charge in [-0.25, -0.2) is 9.78 Å². The average molecular weight is 572 g/mol. The van der Waals surface area contributed by atoms with Gasteiger partial charge in [0.25, 0.3) is 5.91 Å². The van der Waals surface area contributed by atoms with Crippen LogP contribution in [0.4, 0.5) is 0 Å². The molecule has 6 rings (SSSR count). The Hall–Kier alpha value is -2.80. The third-order valence-corrected chi connectivity index (χ3v) is 7.23. The zero-order valence-electron chi connectivity index (χ0n) is 23.6. The minimum atomic E-state index is -0.797. The van der Waals surface area contributed by atoms with E-state index in [1.165, 1.54) is 0 Å². The molecule has 0 saturated heterocycles. The molecule has 200 valence electrons. The van der Waals surface area contributed by atoms with E-state index in [0.29, 0.717) is 31.8 Å². The number of nitrogens with zero attached hydrogens (tertiary/aromatic N) is 6. The van der Waals surface area contributed by atoms with Crippen molar-refractivity contribution < 1.29 is 19.4 Å². The first kappa shape index (κ1) is 31.1. The number of aromatic nitrogens is 6. The summed E-state index contributed by atoms with van der Waals surface area (Å²) >= 11 is 0. The normalized spacial score (nSPS) is 15.6. The van der Waals surface area contributed by atoms with Gasteiger partial charge in [-0.2, -0.15) is 5.21 Å². The molecule has 0 fully saturated rings. The van der Waals surface area contributed by atoms with Gasteiger partial charge in [-0.3, -0.25) is 4.79 Å². The van der Waals surface area contributed by atoms with Gasteiger partial charge in [0.15, 0.2) is 5.57 Å². The number of esters is 1. The van der Waals surface area contributed by atoms with Gasteiger partial charge in [-0.05, 0) is 28.8 Å². The number of carbonyl (C=O) groups is 2. The number of hydrogen-bond donors (Lipinski definition) is 2. The van der Waals surface area contributed by atoms with Crippen LogP contribution in [0, 0.1) is 0 Å². The molecule has 4 heterocycles. The fourth-order valence-corrected chi connectivity index (χ4v) is 5.47. The molecule has 4 aromatic rings. The van der Waals surface area contributed by atoms with Gasteiger partial charge in [-0.1, -0.05) is 55.5 Å². The van der Waals surface area contributed by atoms with Crippen molar-refractivity contribution in [2.45, 2.75) is 39.3 Å². The molecule has 1 amide bonds.